The van der Waals surface area contributed by atoms with Crippen molar-refractivity contribution in [1.82, 2.24) is 5.32 Å². The lowest BCUT2D eigenvalue weighted by Crippen LogP contribution is -2.23. The normalized spacial score (nSPS) is 9.14. The predicted octanol–water partition coefficient (Wildman–Crippen LogP) is 1.37. The maximum absolute atomic E-state index is 11.3. The number of hydrogen-bond donors (Lipinski definition) is 2. The van der Waals surface area contributed by atoms with Crippen molar-refractivity contribution in [3.8, 4) is 6.07 Å². The van der Waals surface area contributed by atoms with E-state index < -0.39 is 0 Å². The minimum Gasteiger partial charge on any atom is -0.339 e. The highest BCUT2D eigenvalue weighted by Gasteiger charge is 2.03. The molecule has 1 amide bonds. The molecule has 0 fully saturated rings. The molecule has 4 heteroatoms. The SMILES string of the molecule is N#CCNC(=O)c1ccc(CS)cc1. The molecule has 0 aliphatic heterocycles. The lowest BCUT2D eigenvalue weighted by atomic mass is 10.1. The van der Waals surface area contributed by atoms with Gasteiger partial charge in [-0.15, -0.1) is 0 Å². The molecule has 0 saturated carbocycles. The van der Waals surface area contributed by atoms with Gasteiger partial charge in [0.2, 0.25) is 0 Å². The van der Waals surface area contributed by atoms with E-state index in [0.29, 0.717) is 11.3 Å². The van der Waals surface area contributed by atoms with Crippen molar-refractivity contribution in [2.45, 2.75) is 5.75 Å². The third kappa shape index (κ3) is 2.79. The van der Waals surface area contributed by atoms with Crippen molar-refractivity contribution in [2.24, 2.45) is 0 Å². The Labute approximate surface area is 88.2 Å². The number of amides is 1. The summed E-state index contributed by atoms with van der Waals surface area (Å²) in [7, 11) is 0. The van der Waals surface area contributed by atoms with E-state index in [1.54, 1.807) is 12.1 Å². The lowest BCUT2D eigenvalue weighted by molar-refractivity contribution is 0.0958. The second-order valence-electron chi connectivity index (χ2n) is 2.70. The summed E-state index contributed by atoms with van der Waals surface area (Å²) in [6, 6.07) is 8.97. The van der Waals surface area contributed by atoms with Crippen LogP contribution in [0.5, 0.6) is 0 Å². The Bertz CT molecular complexity index is 353. The van der Waals surface area contributed by atoms with Crippen LogP contribution in [0.1, 0.15) is 15.9 Å². The summed E-state index contributed by atoms with van der Waals surface area (Å²) in [5.41, 5.74) is 1.62. The van der Waals surface area contributed by atoms with E-state index in [1.807, 2.05) is 18.2 Å². The minimum atomic E-state index is -0.225. The molecule has 1 rings (SSSR count). The number of nitrogens with zero attached hydrogens (tertiary/aromatic N) is 1. The summed E-state index contributed by atoms with van der Waals surface area (Å²) >= 11 is 4.11. The largest absolute Gasteiger partial charge is 0.339 e. The number of rotatable bonds is 3. The first-order valence-electron chi connectivity index (χ1n) is 4.13. The van der Waals surface area contributed by atoms with Crippen LogP contribution in [0.25, 0.3) is 0 Å². The van der Waals surface area contributed by atoms with Crippen LogP contribution in [0.2, 0.25) is 0 Å². The average molecular weight is 206 g/mol. The number of carbonyl (C=O) groups is 1. The van der Waals surface area contributed by atoms with Crippen LogP contribution in [0, 0.1) is 11.3 Å². The van der Waals surface area contributed by atoms with Crippen molar-refractivity contribution in [3.05, 3.63) is 35.4 Å². The molecule has 0 radical (unpaired) electrons. The van der Waals surface area contributed by atoms with E-state index in [2.05, 4.69) is 17.9 Å². The molecule has 1 aromatic rings. The number of nitrogens with one attached hydrogen (secondary N) is 1. The summed E-state index contributed by atoms with van der Waals surface area (Å²) in [4.78, 5) is 11.3. The standard InChI is InChI=1S/C10H10N2OS/c11-5-6-12-10(13)9-3-1-8(7-14)2-4-9/h1-4,14H,6-7H2,(H,12,13). The van der Waals surface area contributed by atoms with E-state index in [4.69, 9.17) is 5.26 Å². The van der Waals surface area contributed by atoms with Crippen molar-refractivity contribution < 1.29 is 4.79 Å². The van der Waals surface area contributed by atoms with E-state index in [9.17, 15) is 4.79 Å². The van der Waals surface area contributed by atoms with Crippen LogP contribution in [0.15, 0.2) is 24.3 Å². The number of hydrogen-bond acceptors (Lipinski definition) is 3. The summed E-state index contributed by atoms with van der Waals surface area (Å²) in [6.45, 7) is 0.0349. The molecule has 1 N–H and O–H groups in total. The molecule has 0 aromatic heterocycles. The van der Waals surface area contributed by atoms with Crippen molar-refractivity contribution in [3.63, 3.8) is 0 Å². The molecule has 0 bridgehead atoms. The van der Waals surface area contributed by atoms with Gasteiger partial charge in [0.15, 0.2) is 0 Å². The second kappa shape index (κ2) is 5.30. The topological polar surface area (TPSA) is 52.9 Å². The van der Waals surface area contributed by atoms with E-state index >= 15 is 0 Å². The summed E-state index contributed by atoms with van der Waals surface area (Å²) in [5, 5.41) is 10.7. The Morgan fingerprint density at radius 1 is 1.43 bits per heavy atom. The van der Waals surface area contributed by atoms with Gasteiger partial charge in [0.1, 0.15) is 6.54 Å². The Morgan fingerprint density at radius 2 is 2.07 bits per heavy atom. The Morgan fingerprint density at radius 3 is 2.57 bits per heavy atom. The third-order valence-corrected chi connectivity index (χ3v) is 2.09. The first kappa shape index (κ1) is 10.6. The molecule has 0 heterocycles. The highest BCUT2D eigenvalue weighted by atomic mass is 32.1. The molecule has 0 spiro atoms. The van der Waals surface area contributed by atoms with E-state index in [1.165, 1.54) is 0 Å². The van der Waals surface area contributed by atoms with Gasteiger partial charge >= 0.3 is 0 Å². The van der Waals surface area contributed by atoms with Gasteiger partial charge in [-0.3, -0.25) is 4.79 Å². The van der Waals surface area contributed by atoms with E-state index in [0.717, 1.165) is 5.56 Å². The van der Waals surface area contributed by atoms with Gasteiger partial charge in [0.25, 0.3) is 5.91 Å². The molecule has 0 atom stereocenters. The zero-order chi connectivity index (χ0) is 10.4. The molecule has 1 aromatic carbocycles. The van der Waals surface area contributed by atoms with Crippen molar-refractivity contribution in [2.75, 3.05) is 6.54 Å². The molecule has 3 nitrogen and oxygen atoms in total. The van der Waals surface area contributed by atoms with Crippen LogP contribution < -0.4 is 5.32 Å². The highest BCUT2D eigenvalue weighted by molar-refractivity contribution is 7.79. The number of carbonyl (C=O) groups excluding carboxylic acids is 1. The van der Waals surface area contributed by atoms with Crippen molar-refractivity contribution >= 4 is 18.5 Å². The maximum atomic E-state index is 11.3. The second-order valence-corrected chi connectivity index (χ2v) is 3.01. The quantitative estimate of drug-likeness (QED) is 0.579. The number of nitriles is 1. The van der Waals surface area contributed by atoms with Gasteiger partial charge in [-0.05, 0) is 17.7 Å². The van der Waals surface area contributed by atoms with Crippen LogP contribution in [-0.4, -0.2) is 12.5 Å². The van der Waals surface area contributed by atoms with Crippen LogP contribution in [-0.2, 0) is 5.75 Å². The predicted molar refractivity (Wildman–Crippen MR) is 57.1 cm³/mol. The lowest BCUT2D eigenvalue weighted by Gasteiger charge is -2.01. The molecule has 72 valence electrons. The fraction of sp³-hybridized carbons (Fsp3) is 0.200. The van der Waals surface area contributed by atoms with Gasteiger partial charge in [-0.1, -0.05) is 12.1 Å². The zero-order valence-electron chi connectivity index (χ0n) is 7.53. The number of thiol groups is 1. The van der Waals surface area contributed by atoms with Crippen molar-refractivity contribution in [1.29, 1.82) is 5.26 Å². The Kier molecular flexibility index (Phi) is 4.02. The van der Waals surface area contributed by atoms with Gasteiger partial charge < -0.3 is 5.32 Å². The highest BCUT2D eigenvalue weighted by Crippen LogP contribution is 2.06. The third-order valence-electron chi connectivity index (χ3n) is 1.73. The van der Waals surface area contributed by atoms with Gasteiger partial charge in [0.05, 0.1) is 6.07 Å². The van der Waals surface area contributed by atoms with Gasteiger partial charge in [-0.25, -0.2) is 0 Å². The van der Waals surface area contributed by atoms with Gasteiger partial charge in [-0.2, -0.15) is 17.9 Å². The maximum Gasteiger partial charge on any atom is 0.252 e. The molecule has 0 unspecified atom stereocenters. The molecule has 0 aliphatic rings. The fourth-order valence-electron chi connectivity index (χ4n) is 0.983. The molecular formula is C10H10N2OS. The number of benzene rings is 1. The van der Waals surface area contributed by atoms with Crippen LogP contribution >= 0.6 is 12.6 Å². The molecule has 0 aliphatic carbocycles. The summed E-state index contributed by atoms with van der Waals surface area (Å²) < 4.78 is 0. The fourth-order valence-corrected chi connectivity index (χ4v) is 1.19. The summed E-state index contributed by atoms with van der Waals surface area (Å²) in [5.74, 6) is 0.428. The first-order valence-corrected chi connectivity index (χ1v) is 4.76. The molecule has 0 saturated heterocycles. The van der Waals surface area contributed by atoms with Gasteiger partial charge in [0, 0.05) is 11.3 Å². The average Bonchev–Trinajstić information content (AvgIpc) is 2.26. The first-order chi connectivity index (χ1) is 6.77. The minimum absolute atomic E-state index is 0.0349. The smallest absolute Gasteiger partial charge is 0.252 e. The molecular weight excluding hydrogens is 196 g/mol. The molecule has 14 heavy (non-hydrogen) atoms. The Hall–Kier alpha value is -1.47. The van der Waals surface area contributed by atoms with Crippen LogP contribution in [0.3, 0.4) is 0 Å². The zero-order valence-corrected chi connectivity index (χ0v) is 8.42. The summed E-state index contributed by atoms with van der Waals surface area (Å²) in [6.07, 6.45) is 0. The monoisotopic (exact) mass is 206 g/mol. The Balaban J connectivity index is 2.67. The van der Waals surface area contributed by atoms with Crippen LogP contribution in [0.4, 0.5) is 0 Å². The van der Waals surface area contributed by atoms with E-state index in [-0.39, 0.29) is 12.5 Å².